The first kappa shape index (κ1) is 12.7. The number of hydrogen-bond acceptors (Lipinski definition) is 8. The van der Waals surface area contributed by atoms with Crippen LogP contribution >= 0.6 is 0 Å². The van der Waals surface area contributed by atoms with Crippen molar-refractivity contribution in [2.45, 2.75) is 0 Å². The van der Waals surface area contributed by atoms with Crippen LogP contribution in [0.1, 0.15) is 10.5 Å². The van der Waals surface area contributed by atoms with Gasteiger partial charge in [0.05, 0.1) is 0 Å². The highest BCUT2D eigenvalue weighted by atomic mass is 16.1. The first-order valence-electron chi connectivity index (χ1n) is 5.76. The van der Waals surface area contributed by atoms with Gasteiger partial charge in [-0.3, -0.25) is 10.2 Å². The van der Waals surface area contributed by atoms with Crippen LogP contribution in [0.4, 0.5) is 5.95 Å². The number of nitrogen functional groups attached to an aromatic ring is 1. The van der Waals surface area contributed by atoms with Gasteiger partial charge in [0.25, 0.3) is 17.8 Å². The van der Waals surface area contributed by atoms with Crippen LogP contribution in [0, 0.1) is 0 Å². The fraction of sp³-hybridized carbons (Fsp3) is 0. The molecule has 0 radical (unpaired) electrons. The molecule has 0 unspecified atom stereocenters. The third-order valence-corrected chi connectivity index (χ3v) is 2.50. The Morgan fingerprint density at radius 1 is 1.14 bits per heavy atom. The van der Waals surface area contributed by atoms with E-state index in [9.17, 15) is 4.79 Å². The largest absolute Gasteiger partial charge is 0.364 e. The molecule has 0 spiro atoms. The number of nitrogens with one attached hydrogen (secondary N) is 1. The Balaban J connectivity index is 2.09. The second kappa shape index (κ2) is 4.97. The molecule has 0 aliphatic rings. The van der Waals surface area contributed by atoms with E-state index in [1.54, 1.807) is 18.5 Å². The highest BCUT2D eigenvalue weighted by Gasteiger charge is 2.12. The summed E-state index contributed by atoms with van der Waals surface area (Å²) in [6.07, 6.45) is 4.75. The number of anilines is 1. The van der Waals surface area contributed by atoms with Crippen LogP contribution < -0.4 is 17.0 Å². The van der Waals surface area contributed by atoms with Crippen molar-refractivity contribution in [1.82, 2.24) is 34.5 Å². The number of carbonyl (C=O) groups excluding carboxylic acids is 1. The molecule has 0 aromatic carbocycles. The van der Waals surface area contributed by atoms with Crippen molar-refractivity contribution in [3.8, 4) is 11.9 Å². The second-order valence-corrected chi connectivity index (χ2v) is 3.86. The SMILES string of the molecule is NNc1nc(-n2cccn2)nc(-n2ccc(C(N)=O)n2)n1. The van der Waals surface area contributed by atoms with Gasteiger partial charge in [-0.2, -0.15) is 25.1 Å². The molecule has 0 saturated carbocycles. The minimum Gasteiger partial charge on any atom is -0.364 e. The predicted octanol–water partition coefficient (Wildman–Crippen LogP) is -1.37. The van der Waals surface area contributed by atoms with Crippen molar-refractivity contribution < 1.29 is 4.79 Å². The number of nitrogens with zero attached hydrogens (tertiary/aromatic N) is 7. The van der Waals surface area contributed by atoms with Gasteiger partial charge in [-0.1, -0.05) is 0 Å². The van der Waals surface area contributed by atoms with Crippen LogP contribution in [-0.2, 0) is 0 Å². The fourth-order valence-electron chi connectivity index (χ4n) is 1.58. The lowest BCUT2D eigenvalue weighted by atomic mass is 10.4. The molecule has 3 aromatic rings. The summed E-state index contributed by atoms with van der Waals surface area (Å²) >= 11 is 0. The minimum absolute atomic E-state index is 0.0957. The lowest BCUT2D eigenvalue weighted by Gasteiger charge is -2.06. The molecule has 5 N–H and O–H groups in total. The van der Waals surface area contributed by atoms with E-state index in [1.807, 2.05) is 0 Å². The number of aromatic nitrogens is 7. The van der Waals surface area contributed by atoms with Crippen molar-refractivity contribution in [2.24, 2.45) is 11.6 Å². The zero-order valence-electron chi connectivity index (χ0n) is 10.6. The molecule has 3 heterocycles. The molecule has 0 fully saturated rings. The van der Waals surface area contributed by atoms with E-state index in [1.165, 1.54) is 21.6 Å². The van der Waals surface area contributed by atoms with Crippen LogP contribution in [-0.4, -0.2) is 40.4 Å². The summed E-state index contributed by atoms with van der Waals surface area (Å²) in [5.74, 6) is 5.22. The summed E-state index contributed by atoms with van der Waals surface area (Å²) in [4.78, 5) is 23.4. The maximum Gasteiger partial charge on any atom is 0.269 e. The fourth-order valence-corrected chi connectivity index (χ4v) is 1.58. The Hall–Kier alpha value is -3.34. The monoisotopic (exact) mass is 286 g/mol. The topological polar surface area (TPSA) is 155 Å². The molecule has 0 atom stereocenters. The Morgan fingerprint density at radius 3 is 2.48 bits per heavy atom. The van der Waals surface area contributed by atoms with Crippen LogP contribution in [0.25, 0.3) is 11.9 Å². The number of rotatable bonds is 4. The van der Waals surface area contributed by atoms with Gasteiger partial charge < -0.3 is 5.73 Å². The number of amides is 1. The highest BCUT2D eigenvalue weighted by molar-refractivity contribution is 5.90. The van der Waals surface area contributed by atoms with Gasteiger partial charge in [-0.25, -0.2) is 15.2 Å². The van der Waals surface area contributed by atoms with Crippen molar-refractivity contribution in [3.05, 3.63) is 36.4 Å². The standard InChI is InChI=1S/C10H10N10O/c11-7(21)6-2-5-20(18-6)10-15-8(17-12)14-9(16-10)19-4-1-3-13-19/h1-5H,12H2,(H2,11,21)(H,14,15,16,17). The first-order valence-corrected chi connectivity index (χ1v) is 5.76. The molecule has 21 heavy (non-hydrogen) atoms. The molecule has 3 aromatic heterocycles. The Labute approximate surface area is 117 Å². The summed E-state index contributed by atoms with van der Waals surface area (Å²) in [5, 5.41) is 7.99. The normalized spacial score (nSPS) is 10.5. The van der Waals surface area contributed by atoms with E-state index >= 15 is 0 Å². The lowest BCUT2D eigenvalue weighted by Crippen LogP contribution is -2.17. The van der Waals surface area contributed by atoms with Crippen molar-refractivity contribution >= 4 is 11.9 Å². The van der Waals surface area contributed by atoms with Crippen molar-refractivity contribution in [2.75, 3.05) is 5.43 Å². The van der Waals surface area contributed by atoms with Gasteiger partial charge in [0, 0.05) is 18.6 Å². The van der Waals surface area contributed by atoms with Crippen LogP contribution in [0.2, 0.25) is 0 Å². The van der Waals surface area contributed by atoms with Crippen LogP contribution in [0.15, 0.2) is 30.7 Å². The average molecular weight is 286 g/mol. The number of nitrogens with two attached hydrogens (primary N) is 2. The molecule has 11 heteroatoms. The predicted molar refractivity (Wildman–Crippen MR) is 70.4 cm³/mol. The average Bonchev–Trinajstić information content (AvgIpc) is 3.18. The Morgan fingerprint density at radius 2 is 1.90 bits per heavy atom. The minimum atomic E-state index is -0.646. The van der Waals surface area contributed by atoms with E-state index in [-0.39, 0.29) is 23.5 Å². The number of hydrazine groups is 1. The maximum atomic E-state index is 11.1. The molecule has 11 nitrogen and oxygen atoms in total. The molecule has 0 saturated heterocycles. The molecule has 3 rings (SSSR count). The molecule has 1 amide bonds. The van der Waals surface area contributed by atoms with E-state index in [0.717, 1.165) is 0 Å². The highest BCUT2D eigenvalue weighted by Crippen LogP contribution is 2.08. The van der Waals surface area contributed by atoms with Gasteiger partial charge in [-0.15, -0.1) is 0 Å². The zero-order valence-corrected chi connectivity index (χ0v) is 10.6. The Bertz CT molecular complexity index is 777. The molecule has 0 aliphatic heterocycles. The molecule has 0 aliphatic carbocycles. The van der Waals surface area contributed by atoms with Crippen LogP contribution in [0.5, 0.6) is 0 Å². The lowest BCUT2D eigenvalue weighted by molar-refractivity contribution is 0.0995. The van der Waals surface area contributed by atoms with E-state index in [0.29, 0.717) is 0 Å². The summed E-state index contributed by atoms with van der Waals surface area (Å²) in [6.45, 7) is 0. The molecule has 106 valence electrons. The first-order chi connectivity index (χ1) is 10.2. The zero-order chi connectivity index (χ0) is 14.8. The second-order valence-electron chi connectivity index (χ2n) is 3.86. The molecular formula is C10H10N10O. The number of carbonyl (C=O) groups is 1. The number of primary amides is 1. The quantitative estimate of drug-likeness (QED) is 0.391. The van der Waals surface area contributed by atoms with Gasteiger partial charge in [-0.05, 0) is 12.1 Å². The van der Waals surface area contributed by atoms with E-state index in [4.69, 9.17) is 11.6 Å². The third kappa shape index (κ3) is 2.40. The van der Waals surface area contributed by atoms with Crippen molar-refractivity contribution in [3.63, 3.8) is 0 Å². The van der Waals surface area contributed by atoms with Crippen molar-refractivity contribution in [1.29, 1.82) is 0 Å². The summed E-state index contributed by atoms with van der Waals surface area (Å²) in [7, 11) is 0. The van der Waals surface area contributed by atoms with Gasteiger partial charge >= 0.3 is 0 Å². The molecule has 0 bridgehead atoms. The Kier molecular flexibility index (Phi) is 3.00. The maximum absolute atomic E-state index is 11.1. The van der Waals surface area contributed by atoms with Gasteiger partial charge in [0.2, 0.25) is 5.95 Å². The van der Waals surface area contributed by atoms with E-state index < -0.39 is 5.91 Å². The summed E-state index contributed by atoms with van der Waals surface area (Å²) in [6, 6.07) is 3.17. The van der Waals surface area contributed by atoms with E-state index in [2.05, 4.69) is 30.6 Å². The molecular weight excluding hydrogens is 276 g/mol. The third-order valence-electron chi connectivity index (χ3n) is 2.50. The smallest absolute Gasteiger partial charge is 0.269 e. The summed E-state index contributed by atoms with van der Waals surface area (Å²) in [5.41, 5.74) is 7.58. The number of hydrogen-bond donors (Lipinski definition) is 3. The van der Waals surface area contributed by atoms with Gasteiger partial charge in [0.1, 0.15) is 5.69 Å². The van der Waals surface area contributed by atoms with Gasteiger partial charge in [0.15, 0.2) is 0 Å². The van der Waals surface area contributed by atoms with Crippen LogP contribution in [0.3, 0.4) is 0 Å². The summed E-state index contributed by atoms with van der Waals surface area (Å²) < 4.78 is 2.72.